The van der Waals surface area contributed by atoms with Gasteiger partial charge >= 0.3 is 0 Å². The van der Waals surface area contributed by atoms with Crippen LogP contribution in [0, 0.1) is 20.8 Å². The van der Waals surface area contributed by atoms with Gasteiger partial charge in [-0.15, -0.1) is 0 Å². The van der Waals surface area contributed by atoms with Crippen molar-refractivity contribution in [3.05, 3.63) is 88.5 Å². The Morgan fingerprint density at radius 1 is 0.839 bits per heavy atom. The van der Waals surface area contributed by atoms with Gasteiger partial charge in [-0.3, -0.25) is 9.52 Å². The van der Waals surface area contributed by atoms with Crippen molar-refractivity contribution in [1.29, 1.82) is 0 Å². The van der Waals surface area contributed by atoms with Crippen LogP contribution in [0.1, 0.15) is 52.4 Å². The standard InChI is InChI=1S/C25H28N2O3S/c1-16(2)21-8-6-7-9-23(21)26-25(28)20-12-11-18(4)24(15-20)31(29,30)27-22-13-10-17(3)14-19(22)5/h6-16,27H,1-5H3,(H,26,28). The third kappa shape index (κ3) is 5.14. The van der Waals surface area contributed by atoms with Gasteiger partial charge < -0.3 is 5.32 Å². The Kier molecular flexibility index (Phi) is 6.51. The summed E-state index contributed by atoms with van der Waals surface area (Å²) in [6.45, 7) is 9.63. The van der Waals surface area contributed by atoms with E-state index in [-0.39, 0.29) is 22.3 Å². The summed E-state index contributed by atoms with van der Waals surface area (Å²) >= 11 is 0. The fourth-order valence-electron chi connectivity index (χ4n) is 3.47. The first-order valence-corrected chi connectivity index (χ1v) is 11.7. The lowest BCUT2D eigenvalue weighted by molar-refractivity contribution is 0.102. The van der Waals surface area contributed by atoms with Crippen molar-refractivity contribution in [2.24, 2.45) is 0 Å². The lowest BCUT2D eigenvalue weighted by Crippen LogP contribution is -2.18. The van der Waals surface area contributed by atoms with E-state index in [4.69, 9.17) is 0 Å². The molecular weight excluding hydrogens is 408 g/mol. The molecule has 0 aromatic heterocycles. The Labute approximate surface area is 184 Å². The maximum Gasteiger partial charge on any atom is 0.262 e. The summed E-state index contributed by atoms with van der Waals surface area (Å²) in [7, 11) is -3.86. The normalized spacial score (nSPS) is 11.4. The molecule has 3 aromatic carbocycles. The van der Waals surface area contributed by atoms with Crippen molar-refractivity contribution >= 4 is 27.3 Å². The van der Waals surface area contributed by atoms with Gasteiger partial charge in [-0.1, -0.05) is 55.8 Å². The van der Waals surface area contributed by atoms with Gasteiger partial charge in [0.2, 0.25) is 0 Å². The molecule has 1 amide bonds. The molecule has 0 unspecified atom stereocenters. The zero-order chi connectivity index (χ0) is 22.8. The Morgan fingerprint density at radius 2 is 1.55 bits per heavy atom. The summed E-state index contributed by atoms with van der Waals surface area (Å²) in [5.74, 6) is -0.108. The van der Waals surface area contributed by atoms with E-state index in [9.17, 15) is 13.2 Å². The molecule has 0 aliphatic carbocycles. The molecule has 5 nitrogen and oxygen atoms in total. The molecule has 31 heavy (non-hydrogen) atoms. The number of para-hydroxylation sites is 1. The van der Waals surface area contributed by atoms with Crippen LogP contribution in [0.15, 0.2) is 65.6 Å². The topological polar surface area (TPSA) is 75.3 Å². The molecule has 0 saturated heterocycles. The van der Waals surface area contributed by atoms with Crippen molar-refractivity contribution in [3.63, 3.8) is 0 Å². The molecule has 3 aromatic rings. The molecule has 0 aliphatic rings. The molecule has 0 radical (unpaired) electrons. The maximum absolute atomic E-state index is 13.1. The minimum absolute atomic E-state index is 0.0808. The minimum atomic E-state index is -3.86. The lowest BCUT2D eigenvalue weighted by Gasteiger charge is -2.15. The van der Waals surface area contributed by atoms with Crippen LogP contribution in [0.5, 0.6) is 0 Å². The molecule has 0 fully saturated rings. The molecule has 0 aliphatic heterocycles. The van der Waals surface area contributed by atoms with Crippen LogP contribution in [0.4, 0.5) is 11.4 Å². The van der Waals surface area contributed by atoms with Crippen molar-refractivity contribution in [1.82, 2.24) is 0 Å². The summed E-state index contributed by atoms with van der Waals surface area (Å²) in [6.07, 6.45) is 0. The first kappa shape index (κ1) is 22.6. The quantitative estimate of drug-likeness (QED) is 0.514. The number of rotatable bonds is 6. The van der Waals surface area contributed by atoms with Gasteiger partial charge in [0.1, 0.15) is 0 Å². The van der Waals surface area contributed by atoms with Crippen molar-refractivity contribution in [2.75, 3.05) is 10.0 Å². The molecule has 0 saturated carbocycles. The van der Waals surface area contributed by atoms with Gasteiger partial charge in [0.05, 0.1) is 10.6 Å². The van der Waals surface area contributed by atoms with Crippen LogP contribution in [0.3, 0.4) is 0 Å². The Morgan fingerprint density at radius 3 is 2.23 bits per heavy atom. The van der Waals surface area contributed by atoms with Gasteiger partial charge in [0, 0.05) is 11.3 Å². The molecule has 3 rings (SSSR count). The third-order valence-electron chi connectivity index (χ3n) is 5.20. The number of carbonyl (C=O) groups excluding carboxylic acids is 1. The van der Waals surface area contributed by atoms with Gasteiger partial charge in [-0.05, 0) is 67.6 Å². The number of nitrogens with one attached hydrogen (secondary N) is 2. The van der Waals surface area contributed by atoms with Crippen molar-refractivity contribution < 1.29 is 13.2 Å². The summed E-state index contributed by atoms with van der Waals surface area (Å²) in [5.41, 5.74) is 5.00. The number of benzene rings is 3. The van der Waals surface area contributed by atoms with Crippen LogP contribution >= 0.6 is 0 Å². The highest BCUT2D eigenvalue weighted by atomic mass is 32.2. The fourth-order valence-corrected chi connectivity index (χ4v) is 4.87. The summed E-state index contributed by atoms with van der Waals surface area (Å²) in [5, 5.41) is 2.92. The monoisotopic (exact) mass is 436 g/mol. The van der Waals surface area contributed by atoms with Gasteiger partial charge in [0.15, 0.2) is 0 Å². The summed E-state index contributed by atoms with van der Waals surface area (Å²) < 4.78 is 28.8. The SMILES string of the molecule is Cc1ccc(NS(=O)(=O)c2cc(C(=O)Nc3ccccc3C(C)C)ccc2C)c(C)c1. The highest BCUT2D eigenvalue weighted by Crippen LogP contribution is 2.26. The highest BCUT2D eigenvalue weighted by Gasteiger charge is 2.20. The highest BCUT2D eigenvalue weighted by molar-refractivity contribution is 7.92. The second-order valence-corrected chi connectivity index (χ2v) is 9.75. The minimum Gasteiger partial charge on any atom is -0.322 e. The number of hydrogen-bond acceptors (Lipinski definition) is 3. The predicted octanol–water partition coefficient (Wildman–Crippen LogP) is 5.79. The Bertz CT molecular complexity index is 1230. The fraction of sp³-hybridized carbons (Fsp3) is 0.240. The predicted molar refractivity (Wildman–Crippen MR) is 126 cm³/mol. The van der Waals surface area contributed by atoms with Crippen LogP contribution in [0.25, 0.3) is 0 Å². The van der Waals surface area contributed by atoms with Gasteiger partial charge in [-0.25, -0.2) is 8.42 Å². The van der Waals surface area contributed by atoms with Crippen LogP contribution < -0.4 is 10.0 Å². The Hall–Kier alpha value is -3.12. The molecule has 0 atom stereocenters. The molecular formula is C25H28N2O3S. The number of amides is 1. The molecule has 2 N–H and O–H groups in total. The molecule has 162 valence electrons. The smallest absolute Gasteiger partial charge is 0.262 e. The molecule has 0 spiro atoms. The van der Waals surface area contributed by atoms with E-state index in [2.05, 4.69) is 23.9 Å². The van der Waals surface area contributed by atoms with E-state index in [0.29, 0.717) is 11.3 Å². The van der Waals surface area contributed by atoms with Gasteiger partial charge in [0.25, 0.3) is 15.9 Å². The van der Waals surface area contributed by atoms with E-state index in [0.717, 1.165) is 22.4 Å². The maximum atomic E-state index is 13.1. The second kappa shape index (κ2) is 8.94. The largest absolute Gasteiger partial charge is 0.322 e. The zero-order valence-electron chi connectivity index (χ0n) is 18.5. The van der Waals surface area contributed by atoms with E-state index >= 15 is 0 Å². The number of hydrogen-bond donors (Lipinski definition) is 2. The number of aryl methyl sites for hydroxylation is 3. The van der Waals surface area contributed by atoms with Crippen LogP contribution in [0.2, 0.25) is 0 Å². The van der Waals surface area contributed by atoms with Crippen molar-refractivity contribution in [2.45, 2.75) is 45.4 Å². The summed E-state index contributed by atoms with van der Waals surface area (Å²) in [6, 6.07) is 17.8. The lowest BCUT2D eigenvalue weighted by atomic mass is 10.0. The molecule has 0 heterocycles. The average molecular weight is 437 g/mol. The van der Waals surface area contributed by atoms with Crippen molar-refractivity contribution in [3.8, 4) is 0 Å². The summed E-state index contributed by atoms with van der Waals surface area (Å²) in [4.78, 5) is 13.0. The Balaban J connectivity index is 1.92. The van der Waals surface area contributed by atoms with E-state index in [1.165, 1.54) is 6.07 Å². The average Bonchev–Trinajstić information content (AvgIpc) is 2.70. The first-order chi connectivity index (χ1) is 14.6. The van der Waals surface area contributed by atoms with E-state index in [1.807, 2.05) is 50.2 Å². The zero-order valence-corrected chi connectivity index (χ0v) is 19.3. The van der Waals surface area contributed by atoms with E-state index < -0.39 is 10.0 Å². The number of carbonyl (C=O) groups is 1. The van der Waals surface area contributed by atoms with Gasteiger partial charge in [-0.2, -0.15) is 0 Å². The van der Waals surface area contributed by atoms with E-state index in [1.54, 1.807) is 25.1 Å². The van der Waals surface area contributed by atoms with Crippen LogP contribution in [-0.4, -0.2) is 14.3 Å². The second-order valence-electron chi connectivity index (χ2n) is 8.10. The molecule has 0 bridgehead atoms. The third-order valence-corrected chi connectivity index (χ3v) is 6.70. The molecule has 6 heteroatoms. The number of sulfonamides is 1. The number of anilines is 2. The first-order valence-electron chi connectivity index (χ1n) is 10.2. The van der Waals surface area contributed by atoms with Crippen LogP contribution in [-0.2, 0) is 10.0 Å².